The van der Waals surface area contributed by atoms with Crippen molar-refractivity contribution in [2.45, 2.75) is 51.7 Å². The number of rotatable bonds is 7. The van der Waals surface area contributed by atoms with Gasteiger partial charge in [-0.1, -0.05) is 29.8 Å². The smallest absolute Gasteiger partial charge is 0.320 e. The molecule has 7 heteroatoms. The maximum absolute atomic E-state index is 11.5. The maximum Gasteiger partial charge on any atom is 0.320 e. The molecule has 0 bridgehead atoms. The van der Waals surface area contributed by atoms with Gasteiger partial charge < -0.3 is 14.9 Å². The minimum absolute atomic E-state index is 0.213. The van der Waals surface area contributed by atoms with Crippen LogP contribution in [0.4, 0.5) is 0 Å². The van der Waals surface area contributed by atoms with Crippen molar-refractivity contribution in [2.24, 2.45) is 17.8 Å². The van der Waals surface area contributed by atoms with Gasteiger partial charge >= 0.3 is 5.97 Å². The molecule has 0 unspecified atom stereocenters. The highest BCUT2D eigenvalue weighted by Crippen LogP contribution is 2.39. The molecule has 2 aromatic rings. The number of aliphatic carboxylic acids is 1. The minimum atomic E-state index is -0.737. The number of hydrogen-bond acceptors (Lipinski definition) is 5. The van der Waals surface area contributed by atoms with E-state index in [0.717, 1.165) is 45.3 Å². The van der Waals surface area contributed by atoms with Crippen molar-refractivity contribution >= 4 is 5.97 Å². The molecule has 4 atom stereocenters. The average Bonchev–Trinajstić information content (AvgIpc) is 3.12. The van der Waals surface area contributed by atoms with Crippen LogP contribution in [0.5, 0.6) is 0 Å². The molecule has 0 spiro atoms. The average molecular weight is 414 g/mol. The molecule has 30 heavy (non-hydrogen) atoms. The first-order valence-electron chi connectivity index (χ1n) is 10.9. The first-order chi connectivity index (χ1) is 14.5. The van der Waals surface area contributed by atoms with Crippen LogP contribution in [0.1, 0.15) is 42.6 Å². The van der Waals surface area contributed by atoms with E-state index in [1.165, 1.54) is 17.2 Å². The van der Waals surface area contributed by atoms with Crippen LogP contribution in [0.25, 0.3) is 0 Å². The lowest BCUT2D eigenvalue weighted by Crippen LogP contribution is -2.50. The summed E-state index contributed by atoms with van der Waals surface area (Å²) in [5.74, 6) is 1.49. The third-order valence-electron chi connectivity index (χ3n) is 6.67. The van der Waals surface area contributed by atoms with E-state index in [4.69, 9.17) is 4.52 Å². The lowest BCUT2D eigenvalue weighted by atomic mass is 9.69. The number of carboxylic acid groups (broad SMARTS) is 1. The Hall–Kier alpha value is -2.38. The number of carbonyl (C=O) groups is 1. The SMILES string of the molecule is Cc1cccc(CN(Cc2cc(=O)[nH]o2)C[C@H]2CC[C@H]3CN[C@H](C(=O)O)C[C@H]3C2)c1. The number of aromatic amines is 1. The van der Waals surface area contributed by atoms with Gasteiger partial charge in [-0.2, -0.15) is 5.16 Å². The Morgan fingerprint density at radius 1 is 1.20 bits per heavy atom. The van der Waals surface area contributed by atoms with Gasteiger partial charge in [0.1, 0.15) is 6.04 Å². The first-order valence-corrected chi connectivity index (χ1v) is 10.9. The van der Waals surface area contributed by atoms with Crippen LogP contribution < -0.4 is 10.9 Å². The largest absolute Gasteiger partial charge is 0.480 e. The lowest BCUT2D eigenvalue weighted by molar-refractivity contribution is -0.141. The molecule has 1 saturated carbocycles. The molecule has 0 radical (unpaired) electrons. The van der Waals surface area contributed by atoms with Crippen LogP contribution in [0, 0.1) is 24.7 Å². The van der Waals surface area contributed by atoms with Crippen LogP contribution in [0.15, 0.2) is 39.6 Å². The highest BCUT2D eigenvalue weighted by Gasteiger charge is 2.38. The number of piperidine rings is 1. The molecule has 1 aromatic heterocycles. The fraction of sp³-hybridized carbons (Fsp3) is 0.565. The summed E-state index contributed by atoms with van der Waals surface area (Å²) in [5.41, 5.74) is 2.26. The monoisotopic (exact) mass is 413 g/mol. The summed E-state index contributed by atoms with van der Waals surface area (Å²) in [5, 5.41) is 15.0. The molecule has 1 aliphatic carbocycles. The molecule has 2 fully saturated rings. The third-order valence-corrected chi connectivity index (χ3v) is 6.67. The number of aryl methyl sites for hydroxylation is 1. The molecule has 1 aliphatic heterocycles. The minimum Gasteiger partial charge on any atom is -0.480 e. The van der Waals surface area contributed by atoms with E-state index in [-0.39, 0.29) is 5.56 Å². The standard InChI is InChI=1S/C23H31N3O4/c1-15-3-2-4-16(7-15)12-26(14-20-10-22(27)25-30-20)13-17-5-6-18-11-24-21(23(28)29)9-19(18)8-17/h2-4,7,10,17-19,21,24H,5-6,8-9,11-14H2,1H3,(H,25,27)(H,28,29)/t17-,18-,19+,21-/m0/s1. The molecule has 4 rings (SSSR count). The van der Waals surface area contributed by atoms with Gasteiger partial charge in [0.15, 0.2) is 5.76 Å². The van der Waals surface area contributed by atoms with Crippen molar-refractivity contribution in [3.8, 4) is 0 Å². The van der Waals surface area contributed by atoms with Crippen molar-refractivity contribution < 1.29 is 14.4 Å². The summed E-state index contributed by atoms with van der Waals surface area (Å²) in [6, 6.07) is 9.60. The maximum atomic E-state index is 11.5. The van der Waals surface area contributed by atoms with E-state index in [2.05, 4.69) is 46.6 Å². The van der Waals surface area contributed by atoms with E-state index in [9.17, 15) is 14.7 Å². The van der Waals surface area contributed by atoms with Crippen LogP contribution in [-0.2, 0) is 17.9 Å². The number of H-pyrrole nitrogens is 1. The van der Waals surface area contributed by atoms with E-state index in [1.807, 2.05) is 0 Å². The molecular formula is C23H31N3O4. The van der Waals surface area contributed by atoms with Gasteiger partial charge in [-0.15, -0.1) is 0 Å². The molecule has 162 valence electrons. The summed E-state index contributed by atoms with van der Waals surface area (Å²) in [4.78, 5) is 25.2. The quantitative estimate of drug-likeness (QED) is 0.646. The topological polar surface area (TPSA) is 98.6 Å². The van der Waals surface area contributed by atoms with Crippen molar-refractivity contribution in [3.63, 3.8) is 0 Å². The van der Waals surface area contributed by atoms with Gasteiger partial charge in [0.25, 0.3) is 5.56 Å². The highest BCUT2D eigenvalue weighted by atomic mass is 16.5. The molecule has 2 aliphatic rings. The summed E-state index contributed by atoms with van der Waals surface area (Å²) in [6.45, 7) is 5.19. The van der Waals surface area contributed by atoms with Crippen molar-refractivity contribution in [1.29, 1.82) is 0 Å². The van der Waals surface area contributed by atoms with Crippen molar-refractivity contribution in [2.75, 3.05) is 13.1 Å². The highest BCUT2D eigenvalue weighted by molar-refractivity contribution is 5.73. The van der Waals surface area contributed by atoms with Crippen molar-refractivity contribution in [1.82, 2.24) is 15.4 Å². The Bertz CT molecular complexity index is 921. The second kappa shape index (κ2) is 9.18. The molecule has 3 N–H and O–H groups in total. The Kier molecular flexibility index (Phi) is 6.39. The van der Waals surface area contributed by atoms with Gasteiger partial charge in [-0.05, 0) is 62.5 Å². The van der Waals surface area contributed by atoms with Crippen LogP contribution in [0.2, 0.25) is 0 Å². The fourth-order valence-corrected chi connectivity index (χ4v) is 5.25. The lowest BCUT2D eigenvalue weighted by Gasteiger charge is -2.42. The number of aromatic nitrogens is 1. The zero-order valence-corrected chi connectivity index (χ0v) is 17.5. The van der Waals surface area contributed by atoms with E-state index in [1.54, 1.807) is 0 Å². The zero-order chi connectivity index (χ0) is 21.1. The predicted octanol–water partition coefficient (Wildman–Crippen LogP) is 2.76. The zero-order valence-electron chi connectivity index (χ0n) is 17.5. The van der Waals surface area contributed by atoms with E-state index >= 15 is 0 Å². The van der Waals surface area contributed by atoms with Crippen LogP contribution in [-0.4, -0.2) is 40.3 Å². The summed E-state index contributed by atoms with van der Waals surface area (Å²) < 4.78 is 5.32. The van der Waals surface area contributed by atoms with Crippen molar-refractivity contribution in [3.05, 3.63) is 57.6 Å². The van der Waals surface area contributed by atoms with E-state index < -0.39 is 12.0 Å². The fourth-order valence-electron chi connectivity index (χ4n) is 5.25. The second-order valence-electron chi connectivity index (χ2n) is 9.07. The molecular weight excluding hydrogens is 382 g/mol. The van der Waals surface area contributed by atoms with Crippen LogP contribution in [0.3, 0.4) is 0 Å². The predicted molar refractivity (Wildman–Crippen MR) is 113 cm³/mol. The van der Waals surface area contributed by atoms with Gasteiger partial charge in [0.05, 0.1) is 6.54 Å². The number of fused-ring (bicyclic) bond motifs is 1. The van der Waals surface area contributed by atoms with Gasteiger partial charge in [-0.25, -0.2) is 0 Å². The Morgan fingerprint density at radius 3 is 2.80 bits per heavy atom. The number of carboxylic acids is 1. The molecule has 1 saturated heterocycles. The van der Waals surface area contributed by atoms with Gasteiger partial charge in [0, 0.05) is 19.2 Å². The van der Waals surface area contributed by atoms with Gasteiger partial charge in [-0.3, -0.25) is 14.5 Å². The molecule has 1 aromatic carbocycles. The molecule has 2 heterocycles. The van der Waals surface area contributed by atoms with Gasteiger partial charge in [0.2, 0.25) is 0 Å². The first kappa shape index (κ1) is 20.9. The molecule has 0 amide bonds. The number of hydrogen-bond donors (Lipinski definition) is 3. The Balaban J connectivity index is 1.44. The summed E-state index contributed by atoms with van der Waals surface area (Å²) >= 11 is 0. The van der Waals surface area contributed by atoms with Crippen LogP contribution >= 0.6 is 0 Å². The summed E-state index contributed by atoms with van der Waals surface area (Å²) in [6.07, 6.45) is 4.09. The third kappa shape index (κ3) is 5.21. The number of benzene rings is 1. The second-order valence-corrected chi connectivity index (χ2v) is 9.07. The molecule has 7 nitrogen and oxygen atoms in total. The van der Waals surface area contributed by atoms with E-state index in [0.29, 0.717) is 30.1 Å². The number of nitrogens with one attached hydrogen (secondary N) is 2. The Morgan fingerprint density at radius 2 is 2.07 bits per heavy atom. The number of nitrogens with zero attached hydrogens (tertiary/aromatic N) is 1. The normalized spacial score (nSPS) is 26.5. The Labute approximate surface area is 176 Å². The summed E-state index contributed by atoms with van der Waals surface area (Å²) in [7, 11) is 0.